The quantitative estimate of drug-likeness (QED) is 0.669. The van der Waals surface area contributed by atoms with Crippen LogP contribution in [-0.4, -0.2) is 44.9 Å². The summed E-state index contributed by atoms with van der Waals surface area (Å²) in [5.74, 6) is 0.918. The van der Waals surface area contributed by atoms with Crippen LogP contribution < -0.4 is 10.5 Å². The zero-order valence-corrected chi connectivity index (χ0v) is 13.0. The van der Waals surface area contributed by atoms with Crippen LogP contribution >= 0.6 is 0 Å². The lowest BCUT2D eigenvalue weighted by Gasteiger charge is -2.27. The molecule has 1 atom stereocenters. The number of hydrogen-bond donors (Lipinski definition) is 1. The third-order valence-corrected chi connectivity index (χ3v) is 3.26. The van der Waals surface area contributed by atoms with Gasteiger partial charge in [0.05, 0.1) is 13.2 Å². The van der Waals surface area contributed by atoms with E-state index in [-0.39, 0.29) is 6.04 Å². The second kappa shape index (κ2) is 9.75. The largest absolute Gasteiger partial charge is 0.494 e. The molecule has 0 radical (unpaired) electrons. The molecule has 20 heavy (non-hydrogen) atoms. The van der Waals surface area contributed by atoms with E-state index in [1.165, 1.54) is 5.56 Å². The Morgan fingerprint density at radius 3 is 2.70 bits per heavy atom. The lowest BCUT2D eigenvalue weighted by molar-refractivity contribution is 0.108. The van der Waals surface area contributed by atoms with Gasteiger partial charge in [-0.3, -0.25) is 4.90 Å². The van der Waals surface area contributed by atoms with Crippen LogP contribution in [0.1, 0.15) is 31.9 Å². The van der Waals surface area contributed by atoms with Crippen LogP contribution in [0.25, 0.3) is 0 Å². The molecule has 0 aliphatic rings. The maximum absolute atomic E-state index is 5.94. The van der Waals surface area contributed by atoms with Crippen LogP contribution in [0.2, 0.25) is 0 Å². The SMILES string of the molecule is CCCOc1cccc(C(CN)N(C)CCOCC)c1. The molecule has 0 aromatic heterocycles. The molecule has 2 N–H and O–H groups in total. The van der Waals surface area contributed by atoms with Gasteiger partial charge in [0, 0.05) is 25.7 Å². The highest BCUT2D eigenvalue weighted by Gasteiger charge is 2.15. The molecule has 1 aromatic rings. The van der Waals surface area contributed by atoms with Gasteiger partial charge in [0.25, 0.3) is 0 Å². The predicted octanol–water partition coefficient (Wildman–Crippen LogP) is 2.44. The van der Waals surface area contributed by atoms with Crippen molar-refractivity contribution in [1.29, 1.82) is 0 Å². The lowest BCUT2D eigenvalue weighted by atomic mass is 10.1. The molecule has 4 nitrogen and oxygen atoms in total. The standard InChI is InChI=1S/C16H28N2O2/c1-4-10-20-15-8-6-7-14(12-15)16(13-17)18(3)9-11-19-5-2/h6-8,12,16H,4-5,9-11,13,17H2,1-3H3. The Kier molecular flexibility index (Phi) is 8.26. The van der Waals surface area contributed by atoms with Crippen LogP contribution in [0.3, 0.4) is 0 Å². The monoisotopic (exact) mass is 280 g/mol. The highest BCUT2D eigenvalue weighted by molar-refractivity contribution is 5.30. The molecule has 0 saturated carbocycles. The molecule has 1 unspecified atom stereocenters. The number of rotatable bonds is 10. The van der Waals surface area contributed by atoms with Gasteiger partial charge in [0.2, 0.25) is 0 Å². The van der Waals surface area contributed by atoms with Crippen LogP contribution in [0.5, 0.6) is 5.75 Å². The van der Waals surface area contributed by atoms with Gasteiger partial charge in [-0.15, -0.1) is 0 Å². The third kappa shape index (κ3) is 5.49. The average molecular weight is 280 g/mol. The van der Waals surface area contributed by atoms with Crippen LogP contribution in [0.15, 0.2) is 24.3 Å². The second-order valence-electron chi connectivity index (χ2n) is 4.85. The molecule has 0 heterocycles. The van der Waals surface area contributed by atoms with Crippen LogP contribution in [0.4, 0.5) is 0 Å². The van der Waals surface area contributed by atoms with Gasteiger partial charge in [0.15, 0.2) is 0 Å². The van der Waals surface area contributed by atoms with Crippen molar-refractivity contribution in [2.75, 3.05) is 40.0 Å². The maximum atomic E-state index is 5.94. The number of benzene rings is 1. The van der Waals surface area contributed by atoms with E-state index in [1.54, 1.807) is 0 Å². The van der Waals surface area contributed by atoms with Crippen molar-refractivity contribution in [2.45, 2.75) is 26.3 Å². The summed E-state index contributed by atoms with van der Waals surface area (Å²) in [6.07, 6.45) is 1.01. The van der Waals surface area contributed by atoms with Gasteiger partial charge >= 0.3 is 0 Å². The Morgan fingerprint density at radius 2 is 2.05 bits per heavy atom. The number of likely N-dealkylation sites (N-methyl/N-ethyl adjacent to an activating group) is 1. The zero-order chi connectivity index (χ0) is 14.8. The Balaban J connectivity index is 2.67. The van der Waals surface area contributed by atoms with E-state index in [1.807, 2.05) is 19.1 Å². The Labute approximate surface area is 122 Å². The van der Waals surface area contributed by atoms with Crippen molar-refractivity contribution in [1.82, 2.24) is 4.90 Å². The van der Waals surface area contributed by atoms with Crippen LogP contribution in [-0.2, 0) is 4.74 Å². The first-order chi connectivity index (χ1) is 9.72. The summed E-state index contributed by atoms with van der Waals surface area (Å²) in [5, 5.41) is 0. The number of ether oxygens (including phenoxy) is 2. The van der Waals surface area contributed by atoms with Crippen molar-refractivity contribution in [3.05, 3.63) is 29.8 Å². The molecule has 0 fully saturated rings. The van der Waals surface area contributed by atoms with Crippen molar-refractivity contribution < 1.29 is 9.47 Å². The smallest absolute Gasteiger partial charge is 0.119 e. The predicted molar refractivity (Wildman–Crippen MR) is 83.1 cm³/mol. The second-order valence-corrected chi connectivity index (χ2v) is 4.85. The summed E-state index contributed by atoms with van der Waals surface area (Å²) in [6, 6.07) is 8.41. The van der Waals surface area contributed by atoms with E-state index in [0.717, 1.165) is 38.5 Å². The molecule has 1 aromatic carbocycles. The number of nitrogens with zero attached hydrogens (tertiary/aromatic N) is 1. The Hall–Kier alpha value is -1.10. The lowest BCUT2D eigenvalue weighted by Crippen LogP contribution is -2.33. The Bertz CT molecular complexity index is 371. The molecule has 1 rings (SSSR count). The summed E-state index contributed by atoms with van der Waals surface area (Å²) < 4.78 is 11.1. The molecule has 0 aliphatic heterocycles. The van der Waals surface area contributed by atoms with Gasteiger partial charge in [-0.2, -0.15) is 0 Å². The minimum Gasteiger partial charge on any atom is -0.494 e. The summed E-state index contributed by atoms with van der Waals surface area (Å²) in [5.41, 5.74) is 7.13. The summed E-state index contributed by atoms with van der Waals surface area (Å²) in [6.45, 7) is 7.80. The first-order valence-electron chi connectivity index (χ1n) is 7.43. The van der Waals surface area contributed by atoms with E-state index < -0.39 is 0 Å². The van der Waals surface area contributed by atoms with Gasteiger partial charge in [0.1, 0.15) is 5.75 Å². The van der Waals surface area contributed by atoms with E-state index in [0.29, 0.717) is 6.54 Å². The fraction of sp³-hybridized carbons (Fsp3) is 0.625. The summed E-state index contributed by atoms with van der Waals surface area (Å²) in [4.78, 5) is 2.23. The maximum Gasteiger partial charge on any atom is 0.119 e. The molecular formula is C16H28N2O2. The minimum absolute atomic E-state index is 0.195. The van der Waals surface area contributed by atoms with E-state index >= 15 is 0 Å². The molecule has 0 spiro atoms. The average Bonchev–Trinajstić information content (AvgIpc) is 2.46. The van der Waals surface area contributed by atoms with Gasteiger partial charge < -0.3 is 15.2 Å². The molecule has 0 aliphatic carbocycles. The minimum atomic E-state index is 0.195. The first kappa shape index (κ1) is 17.0. The normalized spacial score (nSPS) is 12.7. The summed E-state index contributed by atoms with van der Waals surface area (Å²) in [7, 11) is 2.08. The van der Waals surface area contributed by atoms with Gasteiger partial charge in [-0.05, 0) is 38.1 Å². The van der Waals surface area contributed by atoms with E-state index in [2.05, 4.69) is 31.0 Å². The molecular weight excluding hydrogens is 252 g/mol. The van der Waals surface area contributed by atoms with Crippen molar-refractivity contribution in [3.8, 4) is 5.75 Å². The molecule has 0 saturated heterocycles. The van der Waals surface area contributed by atoms with Gasteiger partial charge in [-0.25, -0.2) is 0 Å². The topological polar surface area (TPSA) is 47.7 Å². The van der Waals surface area contributed by atoms with Crippen LogP contribution in [0, 0.1) is 0 Å². The highest BCUT2D eigenvalue weighted by atomic mass is 16.5. The van der Waals surface area contributed by atoms with E-state index in [4.69, 9.17) is 15.2 Å². The molecule has 114 valence electrons. The van der Waals surface area contributed by atoms with Crippen molar-refractivity contribution in [2.24, 2.45) is 5.73 Å². The third-order valence-electron chi connectivity index (χ3n) is 3.26. The van der Waals surface area contributed by atoms with Crippen molar-refractivity contribution in [3.63, 3.8) is 0 Å². The van der Waals surface area contributed by atoms with Gasteiger partial charge in [-0.1, -0.05) is 19.1 Å². The fourth-order valence-electron chi connectivity index (χ4n) is 2.11. The number of nitrogens with two attached hydrogens (primary N) is 1. The molecule has 4 heteroatoms. The molecule has 0 amide bonds. The highest BCUT2D eigenvalue weighted by Crippen LogP contribution is 2.22. The first-order valence-corrected chi connectivity index (χ1v) is 7.43. The fourth-order valence-corrected chi connectivity index (χ4v) is 2.11. The Morgan fingerprint density at radius 1 is 1.25 bits per heavy atom. The van der Waals surface area contributed by atoms with E-state index in [9.17, 15) is 0 Å². The number of hydrogen-bond acceptors (Lipinski definition) is 4. The zero-order valence-electron chi connectivity index (χ0n) is 13.0. The molecule has 0 bridgehead atoms. The van der Waals surface area contributed by atoms with Crippen molar-refractivity contribution >= 4 is 0 Å². The summed E-state index contributed by atoms with van der Waals surface area (Å²) >= 11 is 0.